The van der Waals surface area contributed by atoms with Crippen molar-refractivity contribution in [2.75, 3.05) is 25.5 Å². The van der Waals surface area contributed by atoms with Crippen LogP contribution in [0.25, 0.3) is 11.2 Å². The maximum atomic E-state index is 13.9. The van der Waals surface area contributed by atoms with E-state index >= 15 is 0 Å². The predicted octanol–water partition coefficient (Wildman–Crippen LogP) is 5.93. The molecule has 0 bridgehead atoms. The first kappa shape index (κ1) is 35.1. The Kier molecular flexibility index (Phi) is 10.3. The fourth-order valence-corrected chi connectivity index (χ4v) is 5.96. The van der Waals surface area contributed by atoms with Crippen molar-refractivity contribution in [2.45, 2.75) is 75.9 Å². The zero-order chi connectivity index (χ0) is 34.8. The van der Waals surface area contributed by atoms with E-state index in [0.717, 1.165) is 25.1 Å². The number of halogens is 8. The molecule has 1 aliphatic heterocycles. The van der Waals surface area contributed by atoms with Crippen molar-refractivity contribution in [3.8, 4) is 5.88 Å². The summed E-state index contributed by atoms with van der Waals surface area (Å²) in [6.07, 6.45) is -10.8. The van der Waals surface area contributed by atoms with Gasteiger partial charge in [-0.05, 0) is 75.9 Å². The number of aromatic nitrogens is 3. The van der Waals surface area contributed by atoms with Gasteiger partial charge in [0, 0.05) is 12.6 Å². The number of fused-ring (bicyclic) bond motifs is 1. The molecule has 0 radical (unpaired) electrons. The summed E-state index contributed by atoms with van der Waals surface area (Å²) >= 11 is 0. The number of benzene rings is 1. The van der Waals surface area contributed by atoms with Gasteiger partial charge in [0.05, 0.1) is 28.7 Å². The van der Waals surface area contributed by atoms with Crippen LogP contribution in [0.4, 0.5) is 46.8 Å². The number of hydrogen-bond donors (Lipinski definition) is 4. The molecule has 2 amide bonds. The number of likely N-dealkylation sites (N-methyl/N-ethyl adjacent to an activating group) is 1. The van der Waals surface area contributed by atoms with Gasteiger partial charge in [-0.2, -0.15) is 36.3 Å². The number of H-pyrrole nitrogens is 1. The van der Waals surface area contributed by atoms with Gasteiger partial charge in [-0.25, -0.2) is 8.78 Å². The van der Waals surface area contributed by atoms with E-state index < -0.39 is 60.4 Å². The topological polar surface area (TPSA) is 124 Å². The molecule has 1 saturated carbocycles. The number of pyridine rings is 1. The van der Waals surface area contributed by atoms with Crippen molar-refractivity contribution < 1.29 is 49.4 Å². The summed E-state index contributed by atoms with van der Waals surface area (Å²) < 4.78 is 112. The second-order valence-electron chi connectivity index (χ2n) is 11.9. The molecule has 0 spiro atoms. The van der Waals surface area contributed by atoms with Crippen LogP contribution in [-0.2, 0) is 17.5 Å². The molecule has 3 aromatic rings. The number of rotatable bonds is 10. The van der Waals surface area contributed by atoms with Gasteiger partial charge in [0.15, 0.2) is 12.3 Å². The van der Waals surface area contributed by atoms with E-state index in [9.17, 15) is 44.7 Å². The number of aromatic amines is 1. The lowest BCUT2D eigenvalue weighted by Gasteiger charge is -2.30. The molecule has 1 saturated heterocycles. The van der Waals surface area contributed by atoms with Crippen LogP contribution in [0.15, 0.2) is 24.3 Å². The summed E-state index contributed by atoms with van der Waals surface area (Å²) in [6.45, 7) is -0.420. The zero-order valence-corrected chi connectivity index (χ0v) is 25.6. The minimum Gasteiger partial charge on any atom is -0.471 e. The monoisotopic (exact) mass is 691 g/mol. The lowest BCUT2D eigenvalue weighted by Crippen LogP contribution is -2.41. The third-order valence-electron chi connectivity index (χ3n) is 8.49. The van der Waals surface area contributed by atoms with Crippen LogP contribution >= 0.6 is 0 Å². The highest BCUT2D eigenvalue weighted by Crippen LogP contribution is 2.38. The van der Waals surface area contributed by atoms with Crippen molar-refractivity contribution in [1.29, 1.82) is 0 Å². The van der Waals surface area contributed by atoms with Crippen molar-refractivity contribution in [2.24, 2.45) is 5.92 Å². The Morgan fingerprint density at radius 2 is 1.77 bits per heavy atom. The van der Waals surface area contributed by atoms with E-state index in [2.05, 4.69) is 30.9 Å². The highest BCUT2D eigenvalue weighted by atomic mass is 19.4. The van der Waals surface area contributed by atoms with Gasteiger partial charge in [-0.15, -0.1) is 0 Å². The Morgan fingerprint density at radius 1 is 1.04 bits per heavy atom. The average Bonchev–Trinajstić information content (AvgIpc) is 3.62. The molecule has 1 aromatic carbocycles. The fourth-order valence-electron chi connectivity index (χ4n) is 5.96. The molecular formula is C30H33F8N7O3. The number of amides is 2. The Bertz CT molecular complexity index is 1620. The number of nitrogens with zero attached hydrogens (tertiary/aromatic N) is 3. The highest BCUT2D eigenvalue weighted by molar-refractivity contribution is 5.99. The average molecular weight is 692 g/mol. The normalized spacial score (nSPS) is 20.7. The summed E-state index contributed by atoms with van der Waals surface area (Å²) in [5.74, 6) is -3.35. The SMILES string of the molecule is CN1CCCC1C(=O)NCc1ccc(C(F)(F)F)c(Nc2nc3nc(OCC(F)F)c(C(=O)NC4CCC(C(F)(F)F)CC4)cc3[nH]2)c1. The standard InChI is InChI=1S/C30H33F8N7O3/c1-45-10-2-3-22(45)26(47)39-13-15-4-9-19(30(36,37)38)20(11-15)41-28-42-21-12-18(27(43-24(21)44-28)48-14-23(31)32)25(46)40-17-7-5-16(6-8-17)29(33,34)35/h4,9,11-12,16-17,22-23H,2-3,5-8,10,13-14H2,1H3,(H,39,47)(H,40,46)(H2,41,42,43,44). The van der Waals surface area contributed by atoms with E-state index in [4.69, 9.17) is 4.74 Å². The smallest absolute Gasteiger partial charge is 0.418 e. The van der Waals surface area contributed by atoms with Gasteiger partial charge in [-0.1, -0.05) is 6.07 Å². The number of nitrogens with one attached hydrogen (secondary N) is 4. The first-order valence-electron chi connectivity index (χ1n) is 15.2. The van der Waals surface area contributed by atoms with Gasteiger partial charge < -0.3 is 25.7 Å². The number of imidazole rings is 1. The molecule has 1 atom stereocenters. The number of carbonyl (C=O) groups excluding carboxylic acids is 2. The molecule has 3 heterocycles. The van der Waals surface area contributed by atoms with Crippen molar-refractivity contribution in [3.63, 3.8) is 0 Å². The summed E-state index contributed by atoms with van der Waals surface area (Å²) in [5, 5.41) is 7.90. The number of ether oxygens (including phenoxy) is 1. The van der Waals surface area contributed by atoms with Crippen LogP contribution in [-0.4, -0.2) is 76.6 Å². The molecule has 10 nitrogen and oxygen atoms in total. The van der Waals surface area contributed by atoms with Gasteiger partial charge in [-0.3, -0.25) is 14.5 Å². The maximum Gasteiger partial charge on any atom is 0.418 e. The van der Waals surface area contributed by atoms with Crippen molar-refractivity contribution >= 4 is 34.6 Å². The second kappa shape index (κ2) is 14.1. The quantitative estimate of drug-likeness (QED) is 0.195. The lowest BCUT2D eigenvalue weighted by atomic mass is 9.85. The molecule has 1 unspecified atom stereocenters. The third-order valence-corrected chi connectivity index (χ3v) is 8.49. The van der Waals surface area contributed by atoms with Crippen molar-refractivity contribution in [3.05, 3.63) is 41.0 Å². The molecule has 18 heteroatoms. The Labute approximate surface area is 269 Å². The number of likely N-dealkylation sites (tertiary alicyclic amines) is 1. The molecule has 2 aliphatic rings. The number of alkyl halides is 8. The van der Waals surface area contributed by atoms with E-state index in [0.29, 0.717) is 12.0 Å². The summed E-state index contributed by atoms with van der Waals surface area (Å²) in [6, 6.07) is 3.50. The number of carbonyl (C=O) groups is 2. The zero-order valence-electron chi connectivity index (χ0n) is 25.6. The van der Waals surface area contributed by atoms with Crippen LogP contribution in [0, 0.1) is 5.92 Å². The van der Waals surface area contributed by atoms with Gasteiger partial charge >= 0.3 is 12.4 Å². The summed E-state index contributed by atoms with van der Waals surface area (Å²) in [7, 11) is 1.81. The van der Waals surface area contributed by atoms with Gasteiger partial charge in [0.25, 0.3) is 12.3 Å². The Hall–Kier alpha value is -4.22. The lowest BCUT2D eigenvalue weighted by molar-refractivity contribution is -0.182. The first-order valence-corrected chi connectivity index (χ1v) is 15.2. The van der Waals surface area contributed by atoms with E-state index in [1.807, 2.05) is 11.9 Å². The molecule has 2 aromatic heterocycles. The molecule has 262 valence electrons. The largest absolute Gasteiger partial charge is 0.471 e. The van der Waals surface area contributed by atoms with E-state index in [-0.39, 0.29) is 66.9 Å². The van der Waals surface area contributed by atoms with Crippen molar-refractivity contribution in [1.82, 2.24) is 30.5 Å². The summed E-state index contributed by atoms with van der Waals surface area (Å²) in [5.41, 5.74) is -1.56. The molecule has 48 heavy (non-hydrogen) atoms. The molecule has 2 fully saturated rings. The maximum absolute atomic E-state index is 13.9. The van der Waals surface area contributed by atoms with Crippen LogP contribution in [0.2, 0.25) is 0 Å². The Morgan fingerprint density at radius 3 is 2.40 bits per heavy atom. The van der Waals surface area contributed by atoms with Crippen LogP contribution in [0.1, 0.15) is 60.0 Å². The number of anilines is 2. The highest BCUT2D eigenvalue weighted by Gasteiger charge is 2.42. The molecule has 4 N–H and O–H groups in total. The first-order chi connectivity index (χ1) is 22.6. The minimum absolute atomic E-state index is 0.0329. The van der Waals surface area contributed by atoms with Crippen LogP contribution < -0.4 is 20.7 Å². The number of hydrogen-bond acceptors (Lipinski definition) is 7. The van der Waals surface area contributed by atoms with Gasteiger partial charge in [0.2, 0.25) is 17.7 Å². The molecular weight excluding hydrogens is 658 g/mol. The van der Waals surface area contributed by atoms with E-state index in [1.54, 1.807) is 0 Å². The van der Waals surface area contributed by atoms with E-state index in [1.165, 1.54) is 12.1 Å². The second-order valence-corrected chi connectivity index (χ2v) is 11.9. The molecule has 1 aliphatic carbocycles. The van der Waals surface area contributed by atoms with Gasteiger partial charge in [0.1, 0.15) is 5.56 Å². The minimum atomic E-state index is -4.78. The van der Waals surface area contributed by atoms with Crippen LogP contribution in [0.3, 0.4) is 0 Å². The van der Waals surface area contributed by atoms with Crippen LogP contribution in [0.5, 0.6) is 5.88 Å². The fraction of sp³-hybridized carbons (Fsp3) is 0.533. The predicted molar refractivity (Wildman–Crippen MR) is 157 cm³/mol. The Balaban J connectivity index is 1.37. The third kappa shape index (κ3) is 8.43. The molecule has 5 rings (SSSR count). The summed E-state index contributed by atoms with van der Waals surface area (Å²) in [4.78, 5) is 38.5.